The van der Waals surface area contributed by atoms with E-state index in [1.54, 1.807) is 6.08 Å². The molecule has 1 fully saturated rings. The molecule has 0 aromatic rings. The van der Waals surface area contributed by atoms with Gasteiger partial charge >= 0.3 is 10.4 Å². The maximum Gasteiger partial charge on any atom is 0.397 e. The van der Waals surface area contributed by atoms with Gasteiger partial charge < -0.3 is 0 Å². The van der Waals surface area contributed by atoms with Gasteiger partial charge in [0.15, 0.2) is 5.78 Å². The summed E-state index contributed by atoms with van der Waals surface area (Å²) in [6, 6.07) is 0. The van der Waals surface area contributed by atoms with Gasteiger partial charge in [-0.15, -0.1) is 0 Å². The Bertz CT molecular complexity index is 463. The van der Waals surface area contributed by atoms with Gasteiger partial charge in [0.25, 0.3) is 0 Å². The lowest BCUT2D eigenvalue weighted by Gasteiger charge is -2.44. The lowest BCUT2D eigenvalue weighted by atomic mass is 9.63. The van der Waals surface area contributed by atoms with E-state index in [1.807, 2.05) is 26.8 Å². The molecule has 1 saturated carbocycles. The highest BCUT2D eigenvalue weighted by Gasteiger charge is 2.41. The summed E-state index contributed by atoms with van der Waals surface area (Å²) in [5.74, 6) is 0.350. The summed E-state index contributed by atoms with van der Waals surface area (Å²) in [4.78, 5) is 11.0. The Morgan fingerprint density at radius 1 is 1.42 bits per heavy atom. The van der Waals surface area contributed by atoms with Gasteiger partial charge in [0.2, 0.25) is 0 Å². The van der Waals surface area contributed by atoms with E-state index in [2.05, 4.69) is 0 Å². The second-order valence-corrected chi connectivity index (χ2v) is 7.10. The molecular weight excluding hydrogens is 268 g/mol. The fourth-order valence-corrected chi connectivity index (χ4v) is 3.56. The first kappa shape index (κ1) is 16.3. The van der Waals surface area contributed by atoms with Gasteiger partial charge in [-0.25, -0.2) is 4.18 Å². The molecule has 0 aromatic heterocycles. The largest absolute Gasteiger partial charge is 0.397 e. The van der Waals surface area contributed by atoms with Gasteiger partial charge in [-0.05, 0) is 43.1 Å². The topological polar surface area (TPSA) is 80.7 Å². The quantitative estimate of drug-likeness (QED) is 0.635. The van der Waals surface area contributed by atoms with E-state index in [9.17, 15) is 13.2 Å². The van der Waals surface area contributed by atoms with Crippen LogP contribution in [0.4, 0.5) is 0 Å². The molecule has 19 heavy (non-hydrogen) atoms. The van der Waals surface area contributed by atoms with E-state index >= 15 is 0 Å². The van der Waals surface area contributed by atoms with Gasteiger partial charge in [-0.2, -0.15) is 8.42 Å². The van der Waals surface area contributed by atoms with Crippen LogP contribution < -0.4 is 0 Å². The Balaban J connectivity index is 2.84. The highest BCUT2D eigenvalue weighted by molar-refractivity contribution is 7.80. The SMILES string of the molecule is CC(=O)/C=C/C1C(C)CC(OS(=O)(=O)O)CC1(C)C. The predicted octanol–water partition coefficient (Wildman–Crippen LogP) is 2.39. The van der Waals surface area contributed by atoms with Crippen molar-refractivity contribution in [1.29, 1.82) is 0 Å². The standard InChI is InChI=1S/C13H22O5S/c1-9-7-11(18-19(15,16)17)8-13(3,4)12(9)6-5-10(2)14/h5-6,9,11-12H,7-8H2,1-4H3,(H,15,16,17)/b6-5+. The zero-order valence-corrected chi connectivity index (χ0v) is 12.6. The third kappa shape index (κ3) is 5.04. The predicted molar refractivity (Wildman–Crippen MR) is 71.9 cm³/mol. The molecule has 1 aliphatic carbocycles. The molecule has 1 N–H and O–H groups in total. The molecule has 5 nitrogen and oxygen atoms in total. The van der Waals surface area contributed by atoms with Crippen LogP contribution in [0.1, 0.15) is 40.5 Å². The van der Waals surface area contributed by atoms with E-state index < -0.39 is 16.5 Å². The van der Waals surface area contributed by atoms with Crippen molar-refractivity contribution in [2.75, 3.05) is 0 Å². The average Bonchev–Trinajstić information content (AvgIpc) is 2.10. The molecule has 1 rings (SSSR count). The first-order valence-corrected chi connectivity index (χ1v) is 7.72. The van der Waals surface area contributed by atoms with Crippen LogP contribution in [0.5, 0.6) is 0 Å². The zero-order valence-electron chi connectivity index (χ0n) is 11.8. The number of hydrogen-bond donors (Lipinski definition) is 1. The fourth-order valence-electron chi connectivity index (χ4n) is 3.07. The summed E-state index contributed by atoms with van der Waals surface area (Å²) >= 11 is 0. The maximum atomic E-state index is 11.0. The number of carbonyl (C=O) groups excluding carboxylic acids is 1. The molecule has 110 valence electrons. The summed E-state index contributed by atoms with van der Waals surface area (Å²) in [6.45, 7) is 7.52. The van der Waals surface area contributed by atoms with E-state index in [1.165, 1.54) is 6.92 Å². The van der Waals surface area contributed by atoms with Crippen molar-refractivity contribution < 1.29 is 21.9 Å². The minimum atomic E-state index is -4.41. The maximum absolute atomic E-state index is 11.0. The molecule has 3 unspecified atom stereocenters. The second kappa shape index (κ2) is 5.73. The molecular formula is C13H22O5S. The van der Waals surface area contributed by atoms with Gasteiger partial charge in [-0.1, -0.05) is 26.8 Å². The zero-order chi connectivity index (χ0) is 14.8. The van der Waals surface area contributed by atoms with Crippen molar-refractivity contribution in [3.05, 3.63) is 12.2 Å². The molecule has 1 aliphatic rings. The van der Waals surface area contributed by atoms with Crippen LogP contribution in [0, 0.1) is 17.3 Å². The highest BCUT2D eigenvalue weighted by atomic mass is 32.3. The van der Waals surface area contributed by atoms with Gasteiger partial charge in [-0.3, -0.25) is 9.35 Å². The van der Waals surface area contributed by atoms with Crippen LogP contribution in [0.15, 0.2) is 12.2 Å². The van der Waals surface area contributed by atoms with Crippen molar-refractivity contribution in [3.8, 4) is 0 Å². The Morgan fingerprint density at radius 3 is 2.42 bits per heavy atom. The Morgan fingerprint density at radius 2 is 2.00 bits per heavy atom. The van der Waals surface area contributed by atoms with Crippen molar-refractivity contribution in [3.63, 3.8) is 0 Å². The third-order valence-electron chi connectivity index (χ3n) is 3.70. The normalized spacial score (nSPS) is 31.5. The summed E-state index contributed by atoms with van der Waals surface area (Å²) in [5, 5.41) is 0. The Kier molecular flexibility index (Phi) is 4.92. The van der Waals surface area contributed by atoms with Crippen LogP contribution >= 0.6 is 0 Å². The van der Waals surface area contributed by atoms with Gasteiger partial charge in [0.05, 0.1) is 6.10 Å². The minimum Gasteiger partial charge on any atom is -0.295 e. The average molecular weight is 290 g/mol. The van der Waals surface area contributed by atoms with Crippen molar-refractivity contribution in [1.82, 2.24) is 0 Å². The van der Waals surface area contributed by atoms with E-state index in [4.69, 9.17) is 8.74 Å². The van der Waals surface area contributed by atoms with Crippen LogP contribution in [-0.4, -0.2) is 24.9 Å². The summed E-state index contributed by atoms with van der Waals surface area (Å²) in [5.41, 5.74) is -0.195. The third-order valence-corrected chi connectivity index (χ3v) is 4.22. The number of ketones is 1. The molecule has 0 aromatic carbocycles. The van der Waals surface area contributed by atoms with Gasteiger partial charge in [0.1, 0.15) is 0 Å². The molecule has 0 heterocycles. The van der Waals surface area contributed by atoms with Gasteiger partial charge in [0, 0.05) is 0 Å². The van der Waals surface area contributed by atoms with Crippen molar-refractivity contribution >= 4 is 16.2 Å². The van der Waals surface area contributed by atoms with E-state index in [-0.39, 0.29) is 23.0 Å². The fraction of sp³-hybridized carbons (Fsp3) is 0.769. The lowest BCUT2D eigenvalue weighted by molar-refractivity contribution is -0.112. The van der Waals surface area contributed by atoms with Crippen LogP contribution in [0.3, 0.4) is 0 Å². The second-order valence-electron chi connectivity index (χ2n) is 6.05. The summed E-state index contributed by atoms with van der Waals surface area (Å²) in [7, 11) is -4.41. The number of carbonyl (C=O) groups is 1. The van der Waals surface area contributed by atoms with Crippen LogP contribution in [0.2, 0.25) is 0 Å². The Hall–Kier alpha value is -0.720. The first-order valence-electron chi connectivity index (χ1n) is 6.36. The minimum absolute atomic E-state index is 0.000639. The molecule has 0 spiro atoms. The number of rotatable bonds is 4. The number of allylic oxidation sites excluding steroid dienone is 2. The summed E-state index contributed by atoms with van der Waals surface area (Å²) < 4.78 is 35.0. The summed E-state index contributed by atoms with van der Waals surface area (Å²) in [6.07, 6.45) is 4.01. The monoisotopic (exact) mass is 290 g/mol. The van der Waals surface area contributed by atoms with E-state index in [0.29, 0.717) is 12.8 Å². The van der Waals surface area contributed by atoms with Crippen molar-refractivity contribution in [2.45, 2.75) is 46.6 Å². The molecule has 0 bridgehead atoms. The molecule has 0 amide bonds. The molecule has 0 saturated heterocycles. The van der Waals surface area contributed by atoms with E-state index in [0.717, 1.165) is 0 Å². The first-order chi connectivity index (χ1) is 8.51. The molecule has 3 atom stereocenters. The van der Waals surface area contributed by atoms with Crippen LogP contribution in [-0.2, 0) is 19.4 Å². The van der Waals surface area contributed by atoms with Crippen molar-refractivity contribution in [2.24, 2.45) is 17.3 Å². The number of hydrogen-bond acceptors (Lipinski definition) is 4. The lowest BCUT2D eigenvalue weighted by Crippen LogP contribution is -2.40. The highest BCUT2D eigenvalue weighted by Crippen LogP contribution is 2.45. The molecule has 0 radical (unpaired) electrons. The molecule has 0 aliphatic heterocycles. The smallest absolute Gasteiger partial charge is 0.295 e. The molecule has 6 heteroatoms. The Labute approximate surface area is 115 Å². The van der Waals surface area contributed by atoms with Crippen LogP contribution in [0.25, 0.3) is 0 Å².